The molecule has 2 unspecified atom stereocenters. The molecule has 0 amide bonds. The van der Waals surface area contributed by atoms with Crippen molar-refractivity contribution in [1.29, 1.82) is 0 Å². The van der Waals surface area contributed by atoms with Crippen LogP contribution in [0.1, 0.15) is 86.0 Å². The SMILES string of the molecule is [CH2-]C(C)(C)CC.[CH2-]CCC(C)(O)CC(O)CCCCC.[Y]. The number of rotatable bonds is 9. The standard InChI is InChI=1S/C12H25O2.C6H13.Y/c1-4-6-7-8-11(13)10-12(3,14)9-5-2;1-5-6(2,3)4;/h11,13-14H,2,4-10H2,1,3H3;2,5H2,1,3-4H3;/q2*-1;. The fourth-order valence-electron chi connectivity index (χ4n) is 1.72. The van der Waals surface area contributed by atoms with Crippen molar-refractivity contribution in [2.24, 2.45) is 5.41 Å². The van der Waals surface area contributed by atoms with Crippen molar-refractivity contribution in [3.63, 3.8) is 0 Å². The number of hydrogen-bond donors (Lipinski definition) is 2. The van der Waals surface area contributed by atoms with Gasteiger partial charge in [0.1, 0.15) is 0 Å². The molecular weight excluding hydrogens is 337 g/mol. The van der Waals surface area contributed by atoms with E-state index < -0.39 is 5.60 Å². The van der Waals surface area contributed by atoms with Gasteiger partial charge in [-0.1, -0.05) is 59.8 Å². The van der Waals surface area contributed by atoms with Gasteiger partial charge in [-0.3, -0.25) is 0 Å². The molecule has 0 fully saturated rings. The van der Waals surface area contributed by atoms with Gasteiger partial charge in [0.25, 0.3) is 0 Å². The summed E-state index contributed by atoms with van der Waals surface area (Å²) in [4.78, 5) is 0. The van der Waals surface area contributed by atoms with E-state index in [1.165, 1.54) is 6.42 Å². The van der Waals surface area contributed by atoms with Crippen LogP contribution in [0, 0.1) is 19.3 Å². The van der Waals surface area contributed by atoms with Gasteiger partial charge in [-0.15, -0.1) is 0 Å². The Bertz CT molecular complexity index is 210. The Kier molecular flexibility index (Phi) is 18.7. The second-order valence-electron chi connectivity index (χ2n) is 6.97. The topological polar surface area (TPSA) is 40.5 Å². The number of aliphatic hydroxyl groups excluding tert-OH is 1. The van der Waals surface area contributed by atoms with E-state index in [2.05, 4.69) is 41.5 Å². The molecule has 0 aromatic rings. The van der Waals surface area contributed by atoms with Crippen LogP contribution in [0.25, 0.3) is 0 Å². The molecule has 2 atom stereocenters. The Balaban J connectivity index is -0.000000394. The molecule has 2 N–H and O–H groups in total. The summed E-state index contributed by atoms with van der Waals surface area (Å²) in [6.07, 6.45) is 6.85. The third-order valence-electron chi connectivity index (χ3n) is 3.49. The number of hydrogen-bond acceptors (Lipinski definition) is 2. The first-order valence-electron chi connectivity index (χ1n) is 8.13. The zero-order valence-electron chi connectivity index (χ0n) is 15.1. The third-order valence-corrected chi connectivity index (χ3v) is 3.49. The molecule has 0 spiro atoms. The average molecular weight is 375 g/mol. The molecule has 1 radical (unpaired) electrons. The molecule has 21 heavy (non-hydrogen) atoms. The van der Waals surface area contributed by atoms with E-state index in [0.717, 1.165) is 25.7 Å². The second-order valence-corrected chi connectivity index (χ2v) is 6.97. The Morgan fingerprint density at radius 2 is 1.57 bits per heavy atom. The van der Waals surface area contributed by atoms with Gasteiger partial charge >= 0.3 is 0 Å². The van der Waals surface area contributed by atoms with Gasteiger partial charge < -0.3 is 24.1 Å². The molecule has 0 heterocycles. The quantitative estimate of drug-likeness (QED) is 0.443. The zero-order valence-corrected chi connectivity index (χ0v) is 18.0. The van der Waals surface area contributed by atoms with Crippen molar-refractivity contribution in [3.8, 4) is 0 Å². The van der Waals surface area contributed by atoms with Gasteiger partial charge in [0.05, 0.1) is 11.7 Å². The molecule has 2 nitrogen and oxygen atoms in total. The molecule has 127 valence electrons. The maximum absolute atomic E-state index is 9.84. The van der Waals surface area contributed by atoms with Gasteiger partial charge in [0.15, 0.2) is 0 Å². The van der Waals surface area contributed by atoms with Gasteiger partial charge in [-0.25, -0.2) is 0 Å². The molecule has 0 aliphatic rings. The van der Waals surface area contributed by atoms with Crippen molar-refractivity contribution in [2.75, 3.05) is 0 Å². The van der Waals surface area contributed by atoms with Crippen LogP contribution in [0.4, 0.5) is 0 Å². The summed E-state index contributed by atoms with van der Waals surface area (Å²) in [6.45, 7) is 17.9. The summed E-state index contributed by atoms with van der Waals surface area (Å²) in [5.41, 5.74) is -0.451. The smallest absolute Gasteiger partial charge is 0.0620 e. The molecule has 0 saturated carbocycles. The first-order valence-corrected chi connectivity index (χ1v) is 8.13. The molecule has 0 aliphatic heterocycles. The Morgan fingerprint density at radius 1 is 1.10 bits per heavy atom. The van der Waals surface area contributed by atoms with E-state index in [-0.39, 0.29) is 38.8 Å². The van der Waals surface area contributed by atoms with Crippen molar-refractivity contribution >= 4 is 0 Å². The second kappa shape index (κ2) is 14.6. The minimum Gasteiger partial charge on any atom is -0.393 e. The van der Waals surface area contributed by atoms with Gasteiger partial charge in [0.2, 0.25) is 0 Å². The summed E-state index contributed by atoms with van der Waals surface area (Å²) in [6, 6.07) is 0. The fourth-order valence-corrected chi connectivity index (χ4v) is 1.72. The summed E-state index contributed by atoms with van der Waals surface area (Å²) in [5.74, 6) is 0. The van der Waals surface area contributed by atoms with Crippen LogP contribution in [0.3, 0.4) is 0 Å². The molecule has 0 bridgehead atoms. The average Bonchev–Trinajstić information content (AvgIpc) is 2.28. The van der Waals surface area contributed by atoms with E-state index in [1.807, 2.05) is 0 Å². The van der Waals surface area contributed by atoms with Crippen LogP contribution in [-0.2, 0) is 32.7 Å². The molecule has 0 aromatic carbocycles. The van der Waals surface area contributed by atoms with Crippen LogP contribution in [0.5, 0.6) is 0 Å². The van der Waals surface area contributed by atoms with E-state index in [9.17, 15) is 10.2 Å². The van der Waals surface area contributed by atoms with Crippen LogP contribution in [0.2, 0.25) is 0 Å². The van der Waals surface area contributed by atoms with E-state index >= 15 is 0 Å². The van der Waals surface area contributed by atoms with Gasteiger partial charge in [0, 0.05) is 39.1 Å². The maximum atomic E-state index is 9.84. The Hall–Kier alpha value is 1.02. The number of aliphatic hydroxyl groups is 2. The summed E-state index contributed by atoms with van der Waals surface area (Å²) in [5, 5.41) is 19.5. The summed E-state index contributed by atoms with van der Waals surface area (Å²) in [7, 11) is 0. The molecule has 3 heteroatoms. The van der Waals surface area contributed by atoms with Crippen LogP contribution >= 0.6 is 0 Å². The normalized spacial score (nSPS) is 15.3. The van der Waals surface area contributed by atoms with Crippen molar-refractivity contribution in [2.45, 2.75) is 97.7 Å². The molecule has 0 rings (SSSR count). The molecule has 0 aromatic heterocycles. The molecular formula is C18H38O2Y-2. The van der Waals surface area contributed by atoms with Crippen LogP contribution in [0.15, 0.2) is 0 Å². The maximum Gasteiger partial charge on any atom is 0.0620 e. The first-order chi connectivity index (χ1) is 9.08. The Labute approximate surface area is 159 Å². The Morgan fingerprint density at radius 3 is 1.90 bits per heavy atom. The van der Waals surface area contributed by atoms with Gasteiger partial charge in [-0.2, -0.15) is 11.8 Å². The fraction of sp³-hybridized carbons (Fsp3) is 0.889. The van der Waals surface area contributed by atoms with Crippen LogP contribution in [-0.4, -0.2) is 21.9 Å². The van der Waals surface area contributed by atoms with E-state index in [0.29, 0.717) is 24.7 Å². The summed E-state index contributed by atoms with van der Waals surface area (Å²) >= 11 is 0. The van der Waals surface area contributed by atoms with Gasteiger partial charge in [-0.05, 0) is 13.3 Å². The third kappa shape index (κ3) is 23.4. The van der Waals surface area contributed by atoms with Crippen LogP contribution < -0.4 is 0 Å². The predicted molar refractivity (Wildman–Crippen MR) is 89.4 cm³/mol. The van der Waals surface area contributed by atoms with Crippen molar-refractivity contribution in [3.05, 3.63) is 13.8 Å². The van der Waals surface area contributed by atoms with Crippen molar-refractivity contribution < 1.29 is 42.9 Å². The molecule has 0 aliphatic carbocycles. The predicted octanol–water partition coefficient (Wildman–Crippen LogP) is 4.94. The minimum atomic E-state index is -0.743. The zero-order chi connectivity index (χ0) is 16.2. The summed E-state index contributed by atoms with van der Waals surface area (Å²) < 4.78 is 0. The van der Waals surface area contributed by atoms with E-state index in [4.69, 9.17) is 0 Å². The monoisotopic (exact) mass is 375 g/mol. The minimum absolute atomic E-state index is 0. The van der Waals surface area contributed by atoms with E-state index in [1.54, 1.807) is 6.92 Å². The largest absolute Gasteiger partial charge is 0.393 e. The van der Waals surface area contributed by atoms with Crippen molar-refractivity contribution in [1.82, 2.24) is 0 Å². The molecule has 0 saturated heterocycles. The first kappa shape index (κ1) is 26.9. The number of unbranched alkanes of at least 4 members (excludes halogenated alkanes) is 2.